The lowest BCUT2D eigenvalue weighted by atomic mass is 10.1. The Hall–Kier alpha value is -2.77. The van der Waals surface area contributed by atoms with Gasteiger partial charge in [0.25, 0.3) is 11.8 Å². The molecule has 0 aromatic heterocycles. The van der Waals surface area contributed by atoms with E-state index in [1.807, 2.05) is 0 Å². The summed E-state index contributed by atoms with van der Waals surface area (Å²) in [4.78, 5) is 31.5. The summed E-state index contributed by atoms with van der Waals surface area (Å²) in [6.45, 7) is 4.49. The second-order valence-electron chi connectivity index (χ2n) is 4.68. The van der Waals surface area contributed by atoms with Crippen molar-refractivity contribution in [3.05, 3.63) is 48.2 Å². The zero-order valence-electron chi connectivity index (χ0n) is 12.0. The first-order valence-electron chi connectivity index (χ1n) is 6.54. The Labute approximate surface area is 129 Å². The molecule has 0 aliphatic carbocycles. The summed E-state index contributed by atoms with van der Waals surface area (Å²) in [5, 5.41) is 0. The first-order valence-corrected chi connectivity index (χ1v) is 6.54. The monoisotopic (exact) mass is 323 g/mol. The van der Waals surface area contributed by atoms with E-state index >= 15 is 0 Å². The SMILES string of the molecule is C=CN=C(N=C[C@@H](C)N1C(=O)c2ccccc2C1=O)C(F)(F)F. The largest absolute Gasteiger partial charge is 0.451 e. The van der Waals surface area contributed by atoms with Crippen molar-refractivity contribution in [2.45, 2.75) is 19.1 Å². The van der Waals surface area contributed by atoms with E-state index in [0.29, 0.717) is 6.20 Å². The minimum atomic E-state index is -4.76. The Morgan fingerprint density at radius 1 is 1.22 bits per heavy atom. The van der Waals surface area contributed by atoms with Crippen LogP contribution in [0.4, 0.5) is 13.2 Å². The number of carbonyl (C=O) groups excluding carboxylic acids is 2. The number of carbonyl (C=O) groups is 2. The van der Waals surface area contributed by atoms with Crippen LogP contribution in [0.1, 0.15) is 27.6 Å². The van der Waals surface area contributed by atoms with Gasteiger partial charge >= 0.3 is 6.18 Å². The molecule has 0 bridgehead atoms. The van der Waals surface area contributed by atoms with E-state index in [-0.39, 0.29) is 11.1 Å². The van der Waals surface area contributed by atoms with Crippen LogP contribution in [0.15, 0.2) is 47.0 Å². The first-order chi connectivity index (χ1) is 10.8. The van der Waals surface area contributed by atoms with Gasteiger partial charge < -0.3 is 0 Å². The van der Waals surface area contributed by atoms with Crippen LogP contribution < -0.4 is 0 Å². The standard InChI is InChI=1S/C15H12F3N3O2/c1-3-19-14(15(16,17)18)20-8-9(2)21-12(22)10-6-4-5-7-11(10)13(21)23/h3-9H,1H2,2H3/t9-/m1/s1. The topological polar surface area (TPSA) is 62.1 Å². The number of nitrogens with zero attached hydrogens (tertiary/aromatic N) is 3. The molecule has 0 saturated carbocycles. The van der Waals surface area contributed by atoms with Crippen LogP contribution in [0.5, 0.6) is 0 Å². The average molecular weight is 323 g/mol. The highest BCUT2D eigenvalue weighted by Crippen LogP contribution is 2.24. The van der Waals surface area contributed by atoms with Gasteiger partial charge in [0, 0.05) is 12.4 Å². The Bertz CT molecular complexity index is 688. The molecule has 1 aliphatic heterocycles. The number of imide groups is 1. The van der Waals surface area contributed by atoms with Gasteiger partial charge in [-0.1, -0.05) is 18.7 Å². The van der Waals surface area contributed by atoms with Gasteiger partial charge in [0.1, 0.15) is 0 Å². The lowest BCUT2D eigenvalue weighted by Crippen LogP contribution is -2.39. The molecule has 1 aliphatic rings. The van der Waals surface area contributed by atoms with Crippen LogP contribution >= 0.6 is 0 Å². The highest BCUT2D eigenvalue weighted by molar-refractivity contribution is 6.22. The number of halogens is 3. The predicted octanol–water partition coefficient (Wildman–Crippen LogP) is 2.85. The number of fused-ring (bicyclic) bond motifs is 1. The number of aliphatic imine (C=N–C) groups is 2. The molecule has 1 aromatic carbocycles. The molecule has 1 atom stereocenters. The van der Waals surface area contributed by atoms with E-state index in [1.54, 1.807) is 12.1 Å². The molecule has 2 amide bonds. The zero-order valence-corrected chi connectivity index (χ0v) is 12.0. The molecular formula is C15H12F3N3O2. The van der Waals surface area contributed by atoms with Crippen LogP contribution in [-0.2, 0) is 0 Å². The van der Waals surface area contributed by atoms with Gasteiger partial charge in [0.2, 0.25) is 5.84 Å². The van der Waals surface area contributed by atoms with Gasteiger partial charge in [-0.15, -0.1) is 0 Å². The molecular weight excluding hydrogens is 311 g/mol. The highest BCUT2D eigenvalue weighted by atomic mass is 19.4. The van der Waals surface area contributed by atoms with Crippen LogP contribution in [0.3, 0.4) is 0 Å². The minimum absolute atomic E-state index is 0.216. The van der Waals surface area contributed by atoms with E-state index in [0.717, 1.165) is 11.1 Å². The van der Waals surface area contributed by atoms with Crippen molar-refractivity contribution in [1.82, 2.24) is 4.90 Å². The summed E-state index contributed by atoms with van der Waals surface area (Å²) in [6, 6.07) is 5.22. The van der Waals surface area contributed by atoms with Crippen LogP contribution in [-0.4, -0.2) is 41.0 Å². The fourth-order valence-corrected chi connectivity index (χ4v) is 2.09. The second kappa shape index (κ2) is 6.15. The minimum Gasteiger partial charge on any atom is -0.269 e. The van der Waals surface area contributed by atoms with Crippen molar-refractivity contribution < 1.29 is 22.8 Å². The third kappa shape index (κ3) is 3.20. The molecule has 2 rings (SSSR count). The van der Waals surface area contributed by atoms with Gasteiger partial charge in [0.05, 0.1) is 17.2 Å². The van der Waals surface area contributed by atoms with E-state index in [1.165, 1.54) is 19.1 Å². The van der Waals surface area contributed by atoms with E-state index in [4.69, 9.17) is 0 Å². The fourth-order valence-electron chi connectivity index (χ4n) is 2.09. The number of hydrogen-bond donors (Lipinski definition) is 0. The molecule has 0 N–H and O–H groups in total. The molecule has 1 aromatic rings. The lowest BCUT2D eigenvalue weighted by molar-refractivity contribution is -0.0596. The average Bonchev–Trinajstić information content (AvgIpc) is 2.74. The molecule has 0 radical (unpaired) electrons. The molecule has 8 heteroatoms. The van der Waals surface area contributed by atoms with E-state index in [9.17, 15) is 22.8 Å². The summed E-state index contributed by atoms with van der Waals surface area (Å²) in [5.74, 6) is -2.55. The van der Waals surface area contributed by atoms with Crippen molar-refractivity contribution in [2.24, 2.45) is 9.98 Å². The van der Waals surface area contributed by atoms with Gasteiger partial charge in [-0.2, -0.15) is 13.2 Å². The van der Waals surface area contributed by atoms with Crippen LogP contribution in [0, 0.1) is 0 Å². The van der Waals surface area contributed by atoms with Crippen LogP contribution in [0.25, 0.3) is 0 Å². The molecule has 0 spiro atoms. The smallest absolute Gasteiger partial charge is 0.269 e. The summed E-state index contributed by atoms with van der Waals surface area (Å²) in [5.41, 5.74) is 0.433. The van der Waals surface area contributed by atoms with Crippen molar-refractivity contribution >= 4 is 23.9 Å². The van der Waals surface area contributed by atoms with Crippen molar-refractivity contribution in [3.63, 3.8) is 0 Å². The number of alkyl halides is 3. The lowest BCUT2D eigenvalue weighted by Gasteiger charge is -2.18. The summed E-state index contributed by atoms with van der Waals surface area (Å²) < 4.78 is 38.0. The third-order valence-electron chi connectivity index (χ3n) is 3.11. The Morgan fingerprint density at radius 2 is 1.74 bits per heavy atom. The molecule has 5 nitrogen and oxygen atoms in total. The number of hydrogen-bond acceptors (Lipinski definition) is 3. The molecule has 0 saturated heterocycles. The normalized spacial score (nSPS) is 16.9. The Kier molecular flexibility index (Phi) is 4.44. The number of rotatable bonds is 3. The zero-order chi connectivity index (χ0) is 17.2. The summed E-state index contributed by atoms with van der Waals surface area (Å²) in [6.07, 6.45) is -3.18. The predicted molar refractivity (Wildman–Crippen MR) is 78.6 cm³/mol. The maximum Gasteiger partial charge on any atom is 0.451 e. The van der Waals surface area contributed by atoms with Crippen molar-refractivity contribution in [3.8, 4) is 0 Å². The number of amidine groups is 1. The quantitative estimate of drug-likeness (QED) is 0.488. The van der Waals surface area contributed by atoms with Gasteiger partial charge in [0.15, 0.2) is 0 Å². The van der Waals surface area contributed by atoms with Gasteiger partial charge in [-0.3, -0.25) is 14.5 Å². The second-order valence-corrected chi connectivity index (χ2v) is 4.68. The number of amides is 2. The van der Waals surface area contributed by atoms with Crippen LogP contribution in [0.2, 0.25) is 0 Å². The molecule has 1 heterocycles. The Balaban J connectivity index is 2.26. The Morgan fingerprint density at radius 3 is 2.17 bits per heavy atom. The number of benzene rings is 1. The van der Waals surface area contributed by atoms with E-state index in [2.05, 4.69) is 16.6 Å². The maximum absolute atomic E-state index is 12.7. The molecule has 0 unspecified atom stereocenters. The summed E-state index contributed by atoms with van der Waals surface area (Å²) in [7, 11) is 0. The molecule has 120 valence electrons. The van der Waals surface area contributed by atoms with Crippen molar-refractivity contribution in [1.29, 1.82) is 0 Å². The first kappa shape index (κ1) is 16.6. The van der Waals surface area contributed by atoms with E-state index < -0.39 is 29.9 Å². The molecule has 0 fully saturated rings. The highest BCUT2D eigenvalue weighted by Gasteiger charge is 2.39. The molecule has 23 heavy (non-hydrogen) atoms. The maximum atomic E-state index is 12.7. The summed E-state index contributed by atoms with van der Waals surface area (Å²) >= 11 is 0. The van der Waals surface area contributed by atoms with Crippen molar-refractivity contribution in [2.75, 3.05) is 0 Å². The van der Waals surface area contributed by atoms with Gasteiger partial charge in [-0.05, 0) is 19.1 Å². The fraction of sp³-hybridized carbons (Fsp3) is 0.200. The third-order valence-corrected chi connectivity index (χ3v) is 3.11. The van der Waals surface area contributed by atoms with Gasteiger partial charge in [-0.25, -0.2) is 9.98 Å².